The summed E-state index contributed by atoms with van der Waals surface area (Å²) in [5, 5.41) is 3.24. The summed E-state index contributed by atoms with van der Waals surface area (Å²) < 4.78 is 0. The van der Waals surface area contributed by atoms with Gasteiger partial charge in [0.1, 0.15) is 0 Å². The molecule has 0 amide bonds. The Morgan fingerprint density at radius 1 is 0.758 bits per heavy atom. The van der Waals surface area contributed by atoms with Crippen LogP contribution in [0.3, 0.4) is 0 Å². The third kappa shape index (κ3) is 5.96. The molecule has 1 aromatic carbocycles. The van der Waals surface area contributed by atoms with Crippen LogP contribution >= 0.6 is 0 Å². The Labute approximate surface area is 192 Å². The molecule has 3 heterocycles. The van der Waals surface area contributed by atoms with Crippen LogP contribution in [0, 0.1) is 0 Å². The average molecular weight is 456 g/mol. The van der Waals surface area contributed by atoms with Gasteiger partial charge in [0.05, 0.1) is 5.69 Å². The van der Waals surface area contributed by atoms with E-state index in [-0.39, 0.29) is 30.1 Å². The van der Waals surface area contributed by atoms with E-state index in [1.807, 2.05) is 21.9 Å². The van der Waals surface area contributed by atoms with E-state index in [0.717, 1.165) is 18.5 Å². The molecule has 0 radical (unpaired) electrons. The highest BCUT2D eigenvalue weighted by atomic mass is 15.4. The zero-order valence-corrected chi connectivity index (χ0v) is 18.5. The van der Waals surface area contributed by atoms with Gasteiger partial charge in [-0.25, -0.2) is 4.99 Å². The number of anilines is 4. The molecule has 4 unspecified atom stereocenters. The van der Waals surface area contributed by atoms with Crippen LogP contribution in [0.5, 0.6) is 0 Å². The summed E-state index contributed by atoms with van der Waals surface area (Å²) in [4.78, 5) is 22.1. The molecule has 4 rings (SSSR count). The van der Waals surface area contributed by atoms with Gasteiger partial charge in [0.25, 0.3) is 0 Å². The maximum Gasteiger partial charge on any atom is 0.233 e. The standard InChI is InChI=1S/C20H33N13/c21-11-5-12(22)8-32(7-11)19-29-18(28-16-3-1-15(2-4-16)27-17(25)26)30-20(31-19)33-9-13(23)6-14(24)10-33/h1-4,11-14H,5-10,21-24H2,(H4,25,26,27)(H,28,29,30,31). The second kappa shape index (κ2) is 9.70. The summed E-state index contributed by atoms with van der Waals surface area (Å²) in [6.07, 6.45) is 1.52. The van der Waals surface area contributed by atoms with Crippen molar-refractivity contribution in [2.24, 2.45) is 39.4 Å². The van der Waals surface area contributed by atoms with E-state index in [2.05, 4.69) is 20.3 Å². The lowest BCUT2D eigenvalue weighted by Crippen LogP contribution is -2.54. The molecule has 0 spiro atoms. The van der Waals surface area contributed by atoms with E-state index < -0.39 is 0 Å². The quantitative estimate of drug-likeness (QED) is 0.197. The number of nitrogens with zero attached hydrogens (tertiary/aromatic N) is 6. The lowest BCUT2D eigenvalue weighted by atomic mass is 10.0. The van der Waals surface area contributed by atoms with Crippen LogP contribution in [0.4, 0.5) is 29.2 Å². The van der Waals surface area contributed by atoms with Gasteiger partial charge in [0, 0.05) is 56.0 Å². The van der Waals surface area contributed by atoms with Crippen LogP contribution in [0.1, 0.15) is 12.8 Å². The number of hydrogen-bond acceptors (Lipinski definition) is 11. The Balaban J connectivity index is 1.64. The number of benzene rings is 1. The lowest BCUT2D eigenvalue weighted by Gasteiger charge is -2.37. The summed E-state index contributed by atoms with van der Waals surface area (Å²) in [6.45, 7) is 2.46. The molecule has 0 aliphatic carbocycles. The van der Waals surface area contributed by atoms with Gasteiger partial charge in [0.2, 0.25) is 17.8 Å². The van der Waals surface area contributed by atoms with Crippen LogP contribution in [-0.2, 0) is 0 Å². The highest BCUT2D eigenvalue weighted by Gasteiger charge is 2.28. The average Bonchev–Trinajstić information content (AvgIpc) is 2.73. The molecule has 13 N–H and O–H groups in total. The van der Waals surface area contributed by atoms with Gasteiger partial charge in [-0.2, -0.15) is 15.0 Å². The Morgan fingerprint density at radius 3 is 1.64 bits per heavy atom. The number of guanidine groups is 1. The maximum atomic E-state index is 6.20. The Bertz CT molecular complexity index is 910. The predicted molar refractivity (Wildman–Crippen MR) is 131 cm³/mol. The van der Waals surface area contributed by atoms with Crippen molar-refractivity contribution < 1.29 is 0 Å². The number of aliphatic imine (C=N–C) groups is 1. The molecular formula is C20H33N13. The van der Waals surface area contributed by atoms with E-state index in [0.29, 0.717) is 49.7 Å². The molecule has 13 nitrogen and oxygen atoms in total. The summed E-state index contributed by atoms with van der Waals surface area (Å²) in [7, 11) is 0. The van der Waals surface area contributed by atoms with Gasteiger partial charge in [-0.05, 0) is 37.1 Å². The largest absolute Gasteiger partial charge is 0.370 e. The fourth-order valence-corrected chi connectivity index (χ4v) is 4.27. The van der Waals surface area contributed by atoms with E-state index >= 15 is 0 Å². The lowest BCUT2D eigenvalue weighted by molar-refractivity contribution is 0.441. The fraction of sp³-hybridized carbons (Fsp3) is 0.500. The summed E-state index contributed by atoms with van der Waals surface area (Å²) in [5.74, 6) is 1.42. The minimum Gasteiger partial charge on any atom is -0.370 e. The van der Waals surface area contributed by atoms with Crippen LogP contribution in [-0.4, -0.2) is 71.3 Å². The minimum atomic E-state index is -0.0507. The molecule has 0 bridgehead atoms. The zero-order chi connectivity index (χ0) is 23.5. The van der Waals surface area contributed by atoms with Crippen LogP contribution in [0.15, 0.2) is 29.3 Å². The second-order valence-electron chi connectivity index (χ2n) is 8.79. The van der Waals surface area contributed by atoms with Crippen molar-refractivity contribution in [1.29, 1.82) is 0 Å². The molecular weight excluding hydrogens is 422 g/mol. The molecule has 0 saturated carbocycles. The molecule has 4 atom stereocenters. The van der Waals surface area contributed by atoms with Crippen molar-refractivity contribution in [3.05, 3.63) is 24.3 Å². The van der Waals surface area contributed by atoms with Crippen molar-refractivity contribution in [2.75, 3.05) is 41.3 Å². The Morgan fingerprint density at radius 2 is 1.21 bits per heavy atom. The normalized spacial score (nSPS) is 25.6. The Hall–Kier alpha value is -3.26. The number of nitrogens with one attached hydrogen (secondary N) is 1. The van der Waals surface area contributed by atoms with Gasteiger partial charge in [0.15, 0.2) is 5.96 Å². The first-order chi connectivity index (χ1) is 15.7. The van der Waals surface area contributed by atoms with Gasteiger partial charge in [-0.15, -0.1) is 0 Å². The fourth-order valence-electron chi connectivity index (χ4n) is 4.27. The Kier molecular flexibility index (Phi) is 6.74. The third-order valence-corrected chi connectivity index (χ3v) is 5.59. The molecule has 2 saturated heterocycles. The molecule has 1 aromatic heterocycles. The summed E-state index contributed by atoms with van der Waals surface area (Å²) in [5.41, 5.74) is 37.1. The number of aromatic nitrogens is 3. The predicted octanol–water partition coefficient (Wildman–Crippen LogP) is -1.75. The first-order valence-corrected chi connectivity index (χ1v) is 11.0. The zero-order valence-electron chi connectivity index (χ0n) is 18.5. The van der Waals surface area contributed by atoms with Gasteiger partial charge in [-0.3, -0.25) is 0 Å². The van der Waals surface area contributed by atoms with Crippen molar-refractivity contribution >= 4 is 35.2 Å². The highest BCUT2D eigenvalue weighted by molar-refractivity contribution is 5.79. The van der Waals surface area contributed by atoms with Crippen molar-refractivity contribution in [3.8, 4) is 0 Å². The van der Waals surface area contributed by atoms with Crippen LogP contribution in [0.25, 0.3) is 0 Å². The smallest absolute Gasteiger partial charge is 0.233 e. The van der Waals surface area contributed by atoms with Gasteiger partial charge < -0.3 is 49.5 Å². The molecule has 13 heteroatoms. The second-order valence-corrected chi connectivity index (χ2v) is 8.79. The molecule has 2 aliphatic heterocycles. The van der Waals surface area contributed by atoms with Gasteiger partial charge >= 0.3 is 0 Å². The highest BCUT2D eigenvalue weighted by Crippen LogP contribution is 2.24. The summed E-state index contributed by atoms with van der Waals surface area (Å²) >= 11 is 0. The third-order valence-electron chi connectivity index (χ3n) is 5.59. The molecule has 2 fully saturated rings. The van der Waals surface area contributed by atoms with Crippen molar-refractivity contribution in [2.45, 2.75) is 37.0 Å². The van der Waals surface area contributed by atoms with Crippen LogP contribution in [0.2, 0.25) is 0 Å². The number of piperidine rings is 2. The van der Waals surface area contributed by atoms with E-state index in [1.165, 1.54) is 0 Å². The first kappa shape index (κ1) is 22.9. The molecule has 2 aliphatic rings. The molecule has 2 aromatic rings. The monoisotopic (exact) mass is 455 g/mol. The number of rotatable bonds is 5. The van der Waals surface area contributed by atoms with E-state index in [1.54, 1.807) is 12.1 Å². The van der Waals surface area contributed by atoms with Gasteiger partial charge in [-0.1, -0.05) is 0 Å². The topological polar surface area (TPSA) is 226 Å². The first-order valence-electron chi connectivity index (χ1n) is 11.0. The maximum absolute atomic E-state index is 6.20. The molecule has 33 heavy (non-hydrogen) atoms. The minimum absolute atomic E-state index is 0.00152. The van der Waals surface area contributed by atoms with Crippen LogP contribution < -0.4 is 49.5 Å². The SMILES string of the molecule is NC(N)=Nc1ccc(Nc2nc(N3CC(N)CC(N)C3)nc(N3CC(N)CC(N)C3)n2)cc1. The van der Waals surface area contributed by atoms with Crippen molar-refractivity contribution in [1.82, 2.24) is 15.0 Å². The number of nitrogens with two attached hydrogens (primary N) is 6. The van der Waals surface area contributed by atoms with Crippen molar-refractivity contribution in [3.63, 3.8) is 0 Å². The molecule has 178 valence electrons. The van der Waals surface area contributed by atoms with E-state index in [4.69, 9.17) is 39.4 Å². The number of hydrogen-bond donors (Lipinski definition) is 7. The summed E-state index contributed by atoms with van der Waals surface area (Å²) in [6, 6.07) is 7.05. The van der Waals surface area contributed by atoms with E-state index in [9.17, 15) is 0 Å².